The van der Waals surface area contributed by atoms with E-state index in [1.165, 1.54) is 10.6 Å². The van der Waals surface area contributed by atoms with Crippen LogP contribution >= 0.6 is 35.6 Å². The van der Waals surface area contributed by atoms with Crippen LogP contribution in [0.4, 0.5) is 5.95 Å². The van der Waals surface area contributed by atoms with Gasteiger partial charge in [0.25, 0.3) is 5.56 Å². The number of halogens is 3. The molecule has 35 heavy (non-hydrogen) atoms. The molecular formula is C24H24Cl3N5O3. The van der Waals surface area contributed by atoms with Gasteiger partial charge in [0.05, 0.1) is 17.6 Å². The van der Waals surface area contributed by atoms with Crippen molar-refractivity contribution in [3.63, 3.8) is 0 Å². The van der Waals surface area contributed by atoms with E-state index in [1.807, 2.05) is 4.57 Å². The molecule has 1 fully saturated rings. The average molecular weight is 537 g/mol. The zero-order chi connectivity index (χ0) is 24.1. The van der Waals surface area contributed by atoms with E-state index in [9.17, 15) is 14.7 Å². The molecule has 184 valence electrons. The highest BCUT2D eigenvalue weighted by Crippen LogP contribution is 2.31. The maximum atomic E-state index is 13.6. The smallest absolute Gasteiger partial charge is 0.335 e. The number of hydrogen-bond donors (Lipinski definition) is 2. The largest absolute Gasteiger partial charge is 0.478 e. The van der Waals surface area contributed by atoms with E-state index in [0.29, 0.717) is 44.5 Å². The van der Waals surface area contributed by atoms with Crippen molar-refractivity contribution >= 4 is 69.5 Å². The van der Waals surface area contributed by atoms with Crippen LogP contribution in [-0.2, 0) is 13.6 Å². The lowest BCUT2D eigenvalue weighted by atomic mass is 10.1. The Morgan fingerprint density at radius 3 is 2.71 bits per heavy atom. The summed E-state index contributed by atoms with van der Waals surface area (Å²) >= 11 is 12.7. The molecule has 3 N–H and O–H groups in total. The summed E-state index contributed by atoms with van der Waals surface area (Å²) in [6.45, 7) is 1.63. The van der Waals surface area contributed by atoms with Gasteiger partial charge in [-0.3, -0.25) is 4.79 Å². The summed E-state index contributed by atoms with van der Waals surface area (Å²) in [6, 6.07) is 9.90. The third kappa shape index (κ3) is 4.47. The predicted molar refractivity (Wildman–Crippen MR) is 142 cm³/mol. The van der Waals surface area contributed by atoms with Crippen LogP contribution < -0.4 is 16.2 Å². The summed E-state index contributed by atoms with van der Waals surface area (Å²) < 4.78 is 3.37. The number of imidazole rings is 1. The Morgan fingerprint density at radius 2 is 2.00 bits per heavy atom. The summed E-state index contributed by atoms with van der Waals surface area (Å²) in [6.07, 6.45) is 1.83. The minimum atomic E-state index is -1.05. The lowest BCUT2D eigenvalue weighted by molar-refractivity contribution is 0.0697. The molecule has 1 aliphatic heterocycles. The highest BCUT2D eigenvalue weighted by molar-refractivity contribution is 6.33. The van der Waals surface area contributed by atoms with Gasteiger partial charge in [-0.2, -0.15) is 0 Å². The van der Waals surface area contributed by atoms with E-state index in [-0.39, 0.29) is 36.1 Å². The van der Waals surface area contributed by atoms with Crippen molar-refractivity contribution in [3.05, 3.63) is 67.9 Å². The molecule has 3 heterocycles. The summed E-state index contributed by atoms with van der Waals surface area (Å²) in [7, 11) is 1.67. The summed E-state index contributed by atoms with van der Waals surface area (Å²) in [5.41, 5.74) is 8.33. The van der Waals surface area contributed by atoms with Gasteiger partial charge in [-0.15, -0.1) is 12.4 Å². The third-order valence-electron chi connectivity index (χ3n) is 6.39. The first-order valence-electron chi connectivity index (χ1n) is 11.0. The van der Waals surface area contributed by atoms with E-state index < -0.39 is 5.97 Å². The molecule has 0 amide bonds. The lowest BCUT2D eigenvalue weighted by Crippen LogP contribution is -2.44. The minimum absolute atomic E-state index is 0. The molecule has 1 saturated heterocycles. The molecule has 2 aromatic heterocycles. The second kappa shape index (κ2) is 9.70. The Morgan fingerprint density at radius 1 is 1.23 bits per heavy atom. The molecule has 0 radical (unpaired) electrons. The van der Waals surface area contributed by atoms with Gasteiger partial charge in [0.15, 0.2) is 0 Å². The van der Waals surface area contributed by atoms with Crippen molar-refractivity contribution in [3.8, 4) is 0 Å². The monoisotopic (exact) mass is 535 g/mol. The molecule has 1 aliphatic rings. The normalized spacial score (nSPS) is 16.0. The molecule has 2 aromatic carbocycles. The minimum Gasteiger partial charge on any atom is -0.478 e. The van der Waals surface area contributed by atoms with Gasteiger partial charge in [0.1, 0.15) is 11.0 Å². The lowest BCUT2D eigenvalue weighted by Gasteiger charge is -2.32. The summed E-state index contributed by atoms with van der Waals surface area (Å²) in [5.74, 6) is -0.442. The molecule has 11 heteroatoms. The number of piperidine rings is 1. The van der Waals surface area contributed by atoms with Crippen LogP contribution in [0, 0.1) is 0 Å². The summed E-state index contributed by atoms with van der Waals surface area (Å²) in [4.78, 5) is 32.2. The molecule has 0 aliphatic carbocycles. The van der Waals surface area contributed by atoms with Gasteiger partial charge in [0, 0.05) is 41.6 Å². The number of rotatable bonds is 4. The number of nitrogens with zero attached hydrogens (tertiary/aromatic N) is 4. The number of fused-ring (bicyclic) bond motifs is 3. The fourth-order valence-electron chi connectivity index (χ4n) is 4.68. The van der Waals surface area contributed by atoms with Gasteiger partial charge in [-0.25, -0.2) is 9.78 Å². The van der Waals surface area contributed by atoms with Gasteiger partial charge in [-0.05, 0) is 54.8 Å². The third-order valence-corrected chi connectivity index (χ3v) is 7.00. The molecule has 8 nitrogen and oxygen atoms in total. The molecule has 5 rings (SSSR count). The number of carboxylic acid groups (broad SMARTS) is 1. The second-order valence-electron chi connectivity index (χ2n) is 8.68. The van der Waals surface area contributed by atoms with Crippen molar-refractivity contribution in [1.82, 2.24) is 14.1 Å². The number of nitrogens with two attached hydrogens (primary N) is 1. The number of carbonyl (C=O) groups is 1. The van der Waals surface area contributed by atoms with Crippen LogP contribution in [0.1, 0.15) is 28.8 Å². The Hall–Kier alpha value is -2.78. The molecule has 0 unspecified atom stereocenters. The SMILES string of the molecule is Cl.Cn1c(=O)c2c(nc(N3CCC[C@@H](N)C3)n2Cc2cc(Cl)ccc2Cl)c2cc(C(=O)O)ccc21. The van der Waals surface area contributed by atoms with Crippen molar-refractivity contribution in [2.75, 3.05) is 18.0 Å². The molecule has 0 spiro atoms. The Labute approximate surface area is 217 Å². The topological polar surface area (TPSA) is 106 Å². The molecule has 0 saturated carbocycles. The maximum Gasteiger partial charge on any atom is 0.335 e. The highest BCUT2D eigenvalue weighted by atomic mass is 35.5. The van der Waals surface area contributed by atoms with Crippen LogP contribution in [0.15, 0.2) is 41.2 Å². The first-order chi connectivity index (χ1) is 16.2. The van der Waals surface area contributed by atoms with Crippen LogP contribution in [0.5, 0.6) is 0 Å². The average Bonchev–Trinajstić information content (AvgIpc) is 3.19. The maximum absolute atomic E-state index is 13.6. The Kier molecular flexibility index (Phi) is 7.02. The van der Waals surface area contributed by atoms with Gasteiger partial charge < -0.3 is 24.9 Å². The van der Waals surface area contributed by atoms with Gasteiger partial charge in [0.2, 0.25) is 5.95 Å². The van der Waals surface area contributed by atoms with Crippen LogP contribution in [0.25, 0.3) is 21.9 Å². The van der Waals surface area contributed by atoms with Crippen LogP contribution in [0.2, 0.25) is 10.0 Å². The van der Waals surface area contributed by atoms with E-state index in [4.69, 9.17) is 33.9 Å². The zero-order valence-electron chi connectivity index (χ0n) is 18.9. The number of carboxylic acids is 1. The number of aromatic nitrogens is 3. The van der Waals surface area contributed by atoms with Crippen molar-refractivity contribution in [1.29, 1.82) is 0 Å². The van der Waals surface area contributed by atoms with Crippen LogP contribution in [-0.4, -0.2) is 44.3 Å². The Bertz CT molecular complexity index is 1510. The fourth-order valence-corrected chi connectivity index (χ4v) is 5.05. The van der Waals surface area contributed by atoms with Gasteiger partial charge >= 0.3 is 5.97 Å². The molecule has 4 aromatic rings. The van der Waals surface area contributed by atoms with E-state index in [1.54, 1.807) is 37.4 Å². The second-order valence-corrected chi connectivity index (χ2v) is 9.52. The molecule has 1 atom stereocenters. The number of aromatic carboxylic acids is 1. The Balaban J connectivity index is 0.00000289. The van der Waals surface area contributed by atoms with Gasteiger partial charge in [-0.1, -0.05) is 23.2 Å². The van der Waals surface area contributed by atoms with E-state index >= 15 is 0 Å². The zero-order valence-corrected chi connectivity index (χ0v) is 21.2. The van der Waals surface area contributed by atoms with Crippen LogP contribution in [0.3, 0.4) is 0 Å². The van der Waals surface area contributed by atoms with E-state index in [2.05, 4.69) is 4.90 Å². The quantitative estimate of drug-likeness (QED) is 0.403. The number of benzene rings is 2. The fraction of sp³-hybridized carbons (Fsp3) is 0.292. The first kappa shape index (κ1) is 25.3. The number of aryl methyl sites for hydroxylation is 1. The molecular weight excluding hydrogens is 513 g/mol. The standard InChI is InChI=1S/C24H23Cl2N5O3.ClH/c1-29-19-7-4-13(23(33)34)10-17(19)20-21(22(29)32)31(11-14-9-15(25)5-6-18(14)26)24(28-20)30-8-2-3-16(27)12-30;/h4-7,9-10,16H,2-3,8,11-12,27H2,1H3,(H,33,34);1H/t16-;/m1./s1. The van der Waals surface area contributed by atoms with Crippen molar-refractivity contribution in [2.45, 2.75) is 25.4 Å². The van der Waals surface area contributed by atoms with Crippen molar-refractivity contribution in [2.24, 2.45) is 12.8 Å². The number of pyridine rings is 1. The predicted octanol–water partition coefficient (Wildman–Crippen LogP) is 4.29. The highest BCUT2D eigenvalue weighted by Gasteiger charge is 2.26. The number of hydrogen-bond acceptors (Lipinski definition) is 5. The van der Waals surface area contributed by atoms with E-state index in [0.717, 1.165) is 24.9 Å². The molecule has 0 bridgehead atoms. The number of anilines is 1. The first-order valence-corrected chi connectivity index (χ1v) is 11.7. The van der Waals surface area contributed by atoms with Crippen molar-refractivity contribution < 1.29 is 9.90 Å². The summed E-state index contributed by atoms with van der Waals surface area (Å²) in [5, 5.41) is 11.2.